The van der Waals surface area contributed by atoms with Crippen LogP contribution < -0.4 is 5.73 Å². The van der Waals surface area contributed by atoms with E-state index >= 15 is 0 Å². The van der Waals surface area contributed by atoms with Crippen LogP contribution in [0.25, 0.3) is 0 Å². The lowest BCUT2D eigenvalue weighted by Crippen LogP contribution is -2.28. The lowest BCUT2D eigenvalue weighted by molar-refractivity contribution is -0.122. The number of carbonyl (C=O) groups is 1. The molecule has 0 saturated carbocycles. The number of allylic oxidation sites excluding steroid dienone is 2. The Kier molecular flexibility index (Phi) is 2.90. The van der Waals surface area contributed by atoms with E-state index in [4.69, 9.17) is 5.73 Å². The van der Waals surface area contributed by atoms with Crippen LogP contribution in [-0.4, -0.2) is 5.91 Å². The number of nitrogens with two attached hydrogens (primary N) is 1. The standard InChI is InChI=1S/C10H17NO/c1-7-3-5-9(6-4-7)8(2)10(11)12/h3,8-9H,4-6H2,1-2H3,(H2,11,12). The molecule has 2 nitrogen and oxygen atoms in total. The largest absolute Gasteiger partial charge is 0.369 e. The Morgan fingerprint density at radius 2 is 2.42 bits per heavy atom. The van der Waals surface area contributed by atoms with E-state index in [0.717, 1.165) is 19.3 Å². The summed E-state index contributed by atoms with van der Waals surface area (Å²) >= 11 is 0. The normalized spacial score (nSPS) is 26.2. The summed E-state index contributed by atoms with van der Waals surface area (Å²) in [6, 6.07) is 0. The molecule has 0 spiro atoms. The molecular formula is C10H17NO. The molecule has 0 aromatic heterocycles. The fourth-order valence-corrected chi connectivity index (χ4v) is 1.67. The number of hydrogen-bond donors (Lipinski definition) is 1. The van der Waals surface area contributed by atoms with Crippen molar-refractivity contribution in [3.8, 4) is 0 Å². The number of hydrogen-bond acceptors (Lipinski definition) is 1. The summed E-state index contributed by atoms with van der Waals surface area (Å²) in [5.74, 6) is 0.355. The highest BCUT2D eigenvalue weighted by molar-refractivity contribution is 5.76. The molecule has 0 aliphatic heterocycles. The molecule has 12 heavy (non-hydrogen) atoms. The van der Waals surface area contributed by atoms with Crippen molar-refractivity contribution in [1.82, 2.24) is 0 Å². The molecule has 0 aromatic rings. The highest BCUT2D eigenvalue weighted by Gasteiger charge is 2.22. The van der Waals surface area contributed by atoms with Crippen LogP contribution in [0.3, 0.4) is 0 Å². The van der Waals surface area contributed by atoms with Crippen molar-refractivity contribution in [1.29, 1.82) is 0 Å². The van der Waals surface area contributed by atoms with Crippen LogP contribution in [-0.2, 0) is 4.79 Å². The van der Waals surface area contributed by atoms with E-state index in [0.29, 0.717) is 5.92 Å². The van der Waals surface area contributed by atoms with Crippen molar-refractivity contribution < 1.29 is 4.79 Å². The molecule has 2 unspecified atom stereocenters. The van der Waals surface area contributed by atoms with Gasteiger partial charge >= 0.3 is 0 Å². The van der Waals surface area contributed by atoms with Gasteiger partial charge in [-0.05, 0) is 32.1 Å². The Labute approximate surface area is 73.8 Å². The molecule has 1 aliphatic rings. The predicted octanol–water partition coefficient (Wildman–Crippen LogP) is 1.85. The first-order valence-electron chi connectivity index (χ1n) is 4.56. The van der Waals surface area contributed by atoms with Crippen molar-refractivity contribution >= 4 is 5.91 Å². The first-order valence-corrected chi connectivity index (χ1v) is 4.56. The fraction of sp³-hybridized carbons (Fsp3) is 0.700. The van der Waals surface area contributed by atoms with E-state index < -0.39 is 0 Å². The summed E-state index contributed by atoms with van der Waals surface area (Å²) in [4.78, 5) is 10.9. The van der Waals surface area contributed by atoms with Gasteiger partial charge < -0.3 is 5.73 Å². The summed E-state index contributed by atoms with van der Waals surface area (Å²) in [6.07, 6.45) is 5.50. The monoisotopic (exact) mass is 167 g/mol. The molecule has 0 bridgehead atoms. The van der Waals surface area contributed by atoms with Crippen molar-refractivity contribution in [2.75, 3.05) is 0 Å². The van der Waals surface area contributed by atoms with Gasteiger partial charge in [-0.1, -0.05) is 18.6 Å². The summed E-state index contributed by atoms with van der Waals surface area (Å²) in [7, 11) is 0. The molecule has 2 atom stereocenters. The van der Waals surface area contributed by atoms with Crippen LogP contribution in [0.5, 0.6) is 0 Å². The molecule has 0 radical (unpaired) electrons. The Balaban J connectivity index is 2.51. The van der Waals surface area contributed by atoms with Gasteiger partial charge in [0, 0.05) is 5.92 Å². The van der Waals surface area contributed by atoms with E-state index in [1.165, 1.54) is 5.57 Å². The van der Waals surface area contributed by atoms with Gasteiger partial charge in [-0.15, -0.1) is 0 Å². The van der Waals surface area contributed by atoms with Gasteiger partial charge in [-0.25, -0.2) is 0 Å². The minimum Gasteiger partial charge on any atom is -0.369 e. The summed E-state index contributed by atoms with van der Waals surface area (Å²) in [6.45, 7) is 4.08. The van der Waals surface area contributed by atoms with E-state index in [-0.39, 0.29) is 11.8 Å². The molecule has 0 heterocycles. The van der Waals surface area contributed by atoms with Gasteiger partial charge in [0.05, 0.1) is 0 Å². The van der Waals surface area contributed by atoms with E-state index in [9.17, 15) is 4.79 Å². The Bertz CT molecular complexity index is 208. The third-order valence-electron chi connectivity index (χ3n) is 2.83. The Hall–Kier alpha value is -0.790. The molecule has 0 aromatic carbocycles. The quantitative estimate of drug-likeness (QED) is 0.627. The molecule has 2 heteroatoms. The summed E-state index contributed by atoms with van der Waals surface area (Å²) < 4.78 is 0. The van der Waals surface area contributed by atoms with Crippen LogP contribution in [0.15, 0.2) is 11.6 Å². The van der Waals surface area contributed by atoms with Gasteiger partial charge in [0.2, 0.25) is 5.91 Å². The Morgan fingerprint density at radius 3 is 2.83 bits per heavy atom. The lowest BCUT2D eigenvalue weighted by atomic mass is 9.81. The third-order valence-corrected chi connectivity index (χ3v) is 2.83. The second-order valence-corrected chi connectivity index (χ2v) is 3.78. The minimum absolute atomic E-state index is 0.0364. The van der Waals surface area contributed by atoms with Crippen molar-refractivity contribution in [2.24, 2.45) is 17.6 Å². The minimum atomic E-state index is -0.159. The summed E-state index contributed by atoms with van der Waals surface area (Å²) in [5.41, 5.74) is 6.69. The SMILES string of the molecule is CC1=CCC(C(C)C(N)=O)CC1. The van der Waals surface area contributed by atoms with Crippen LogP contribution in [0.4, 0.5) is 0 Å². The first kappa shape index (κ1) is 9.30. The molecule has 1 aliphatic carbocycles. The van der Waals surface area contributed by atoms with Gasteiger partial charge in [-0.3, -0.25) is 4.79 Å². The zero-order valence-electron chi connectivity index (χ0n) is 7.84. The van der Waals surface area contributed by atoms with Gasteiger partial charge in [0.15, 0.2) is 0 Å². The number of primary amides is 1. The van der Waals surface area contributed by atoms with E-state index in [1.807, 2.05) is 6.92 Å². The van der Waals surface area contributed by atoms with Crippen LogP contribution in [0, 0.1) is 11.8 Å². The van der Waals surface area contributed by atoms with E-state index in [2.05, 4.69) is 13.0 Å². The first-order chi connectivity index (χ1) is 5.61. The molecule has 68 valence electrons. The molecule has 0 fully saturated rings. The molecule has 1 amide bonds. The average Bonchev–Trinajstić information content (AvgIpc) is 2.04. The van der Waals surface area contributed by atoms with Gasteiger partial charge in [0.1, 0.15) is 0 Å². The Morgan fingerprint density at radius 1 is 1.75 bits per heavy atom. The molecule has 2 N–H and O–H groups in total. The zero-order chi connectivity index (χ0) is 9.14. The maximum absolute atomic E-state index is 10.9. The third kappa shape index (κ3) is 2.10. The second kappa shape index (κ2) is 3.74. The van der Waals surface area contributed by atoms with Crippen LogP contribution in [0.1, 0.15) is 33.1 Å². The highest BCUT2D eigenvalue weighted by Crippen LogP contribution is 2.28. The van der Waals surface area contributed by atoms with Gasteiger partial charge in [0.25, 0.3) is 0 Å². The smallest absolute Gasteiger partial charge is 0.220 e. The highest BCUT2D eigenvalue weighted by atomic mass is 16.1. The van der Waals surface area contributed by atoms with E-state index in [1.54, 1.807) is 0 Å². The predicted molar refractivity (Wildman–Crippen MR) is 49.5 cm³/mol. The molecule has 1 rings (SSSR count). The fourth-order valence-electron chi connectivity index (χ4n) is 1.67. The topological polar surface area (TPSA) is 43.1 Å². The number of carbonyl (C=O) groups excluding carboxylic acids is 1. The van der Waals surface area contributed by atoms with Crippen molar-refractivity contribution in [3.05, 3.63) is 11.6 Å². The molecule has 0 saturated heterocycles. The molecular weight excluding hydrogens is 150 g/mol. The maximum Gasteiger partial charge on any atom is 0.220 e. The number of rotatable bonds is 2. The van der Waals surface area contributed by atoms with Crippen LogP contribution in [0.2, 0.25) is 0 Å². The lowest BCUT2D eigenvalue weighted by Gasteiger charge is -2.24. The second-order valence-electron chi connectivity index (χ2n) is 3.78. The number of amides is 1. The van der Waals surface area contributed by atoms with Crippen LogP contribution >= 0.6 is 0 Å². The zero-order valence-corrected chi connectivity index (χ0v) is 7.84. The van der Waals surface area contributed by atoms with Gasteiger partial charge in [-0.2, -0.15) is 0 Å². The summed E-state index contributed by atoms with van der Waals surface area (Å²) in [5, 5.41) is 0. The maximum atomic E-state index is 10.9. The van der Waals surface area contributed by atoms with Crippen molar-refractivity contribution in [2.45, 2.75) is 33.1 Å². The average molecular weight is 167 g/mol. The van der Waals surface area contributed by atoms with Crippen molar-refractivity contribution in [3.63, 3.8) is 0 Å².